The molecule has 4 rings (SSSR count). The Balaban J connectivity index is 1.22. The van der Waals surface area contributed by atoms with E-state index in [9.17, 15) is 9.50 Å². The number of aromatic nitrogens is 1. The quantitative estimate of drug-likeness (QED) is 0.377. The number of fused-ring (bicyclic) bond motifs is 3. The van der Waals surface area contributed by atoms with Crippen LogP contribution in [0.25, 0.3) is 21.8 Å². The van der Waals surface area contributed by atoms with Crippen molar-refractivity contribution in [2.45, 2.75) is 6.10 Å². The van der Waals surface area contributed by atoms with Gasteiger partial charge in [-0.15, -0.1) is 0 Å². The summed E-state index contributed by atoms with van der Waals surface area (Å²) in [6.45, 7) is 1.33. The van der Waals surface area contributed by atoms with Crippen molar-refractivity contribution in [3.63, 3.8) is 0 Å². The Hall–Kier alpha value is -3.09. The molecular formula is C23H23FN2O3. The lowest BCUT2D eigenvalue weighted by molar-refractivity contribution is 0.105. The Kier molecular flexibility index (Phi) is 5.93. The first-order valence-electron chi connectivity index (χ1n) is 9.60. The van der Waals surface area contributed by atoms with E-state index in [0.29, 0.717) is 25.4 Å². The molecule has 1 unspecified atom stereocenters. The lowest BCUT2D eigenvalue weighted by Gasteiger charge is -2.14. The van der Waals surface area contributed by atoms with Gasteiger partial charge in [-0.05, 0) is 30.3 Å². The van der Waals surface area contributed by atoms with Crippen molar-refractivity contribution in [3.8, 4) is 11.5 Å². The number of H-pyrrole nitrogens is 1. The first kappa shape index (κ1) is 19.2. The number of hydrogen-bond acceptors (Lipinski definition) is 4. The van der Waals surface area contributed by atoms with E-state index in [1.165, 1.54) is 11.5 Å². The van der Waals surface area contributed by atoms with Gasteiger partial charge in [0, 0.05) is 35.4 Å². The summed E-state index contributed by atoms with van der Waals surface area (Å²) in [6, 6.07) is 20.3. The molecule has 150 valence electrons. The van der Waals surface area contributed by atoms with Crippen LogP contribution in [-0.2, 0) is 0 Å². The highest BCUT2D eigenvalue weighted by molar-refractivity contribution is 6.07. The molecule has 0 saturated heterocycles. The Bertz CT molecular complexity index is 1100. The van der Waals surface area contributed by atoms with E-state index in [1.54, 1.807) is 18.2 Å². The molecule has 0 aliphatic carbocycles. The highest BCUT2D eigenvalue weighted by Gasteiger charge is 2.08. The van der Waals surface area contributed by atoms with Gasteiger partial charge in [0.2, 0.25) is 0 Å². The highest BCUT2D eigenvalue weighted by Crippen LogP contribution is 2.28. The minimum absolute atomic E-state index is 0.174. The van der Waals surface area contributed by atoms with Gasteiger partial charge in [0.15, 0.2) is 11.6 Å². The van der Waals surface area contributed by atoms with Gasteiger partial charge in [-0.3, -0.25) is 0 Å². The number of ether oxygens (including phenoxy) is 2. The van der Waals surface area contributed by atoms with Gasteiger partial charge in [-0.2, -0.15) is 0 Å². The zero-order chi connectivity index (χ0) is 20.1. The zero-order valence-corrected chi connectivity index (χ0v) is 15.9. The number of aliphatic hydroxyl groups excluding tert-OH is 1. The fourth-order valence-corrected chi connectivity index (χ4v) is 3.24. The van der Waals surface area contributed by atoms with Crippen molar-refractivity contribution >= 4 is 21.8 Å². The molecule has 0 aliphatic heterocycles. The van der Waals surface area contributed by atoms with Crippen molar-refractivity contribution in [2.24, 2.45) is 0 Å². The molecule has 0 bridgehead atoms. The molecular weight excluding hydrogens is 371 g/mol. The Labute approximate surface area is 168 Å². The summed E-state index contributed by atoms with van der Waals surface area (Å²) in [5, 5.41) is 15.5. The number of para-hydroxylation sites is 2. The van der Waals surface area contributed by atoms with Crippen molar-refractivity contribution in [1.82, 2.24) is 10.3 Å². The van der Waals surface area contributed by atoms with Crippen LogP contribution in [-0.4, -0.2) is 42.5 Å². The van der Waals surface area contributed by atoms with E-state index in [4.69, 9.17) is 9.47 Å². The van der Waals surface area contributed by atoms with Crippen LogP contribution in [0.5, 0.6) is 11.5 Å². The summed E-state index contributed by atoms with van der Waals surface area (Å²) in [5.41, 5.74) is 2.09. The summed E-state index contributed by atoms with van der Waals surface area (Å²) in [4.78, 5) is 3.38. The third-order valence-corrected chi connectivity index (χ3v) is 4.67. The van der Waals surface area contributed by atoms with Gasteiger partial charge < -0.3 is 24.9 Å². The van der Waals surface area contributed by atoms with Gasteiger partial charge in [0.05, 0.1) is 5.52 Å². The predicted molar refractivity (Wildman–Crippen MR) is 112 cm³/mol. The molecule has 3 N–H and O–H groups in total. The maximum absolute atomic E-state index is 13.4. The molecule has 3 aromatic carbocycles. The summed E-state index contributed by atoms with van der Waals surface area (Å²) in [7, 11) is 0. The molecule has 1 atom stereocenters. The van der Waals surface area contributed by atoms with Crippen LogP contribution in [0, 0.1) is 5.82 Å². The van der Waals surface area contributed by atoms with E-state index in [2.05, 4.69) is 16.4 Å². The third-order valence-electron chi connectivity index (χ3n) is 4.67. The molecule has 6 heteroatoms. The standard InChI is InChI=1S/C23H23FN2O3/c24-20-6-2-4-8-23(20)28-12-11-25-14-16(27)15-29-17-9-10-19-18-5-1-3-7-21(18)26-22(19)13-17/h1-10,13,16,25-27H,11-12,14-15H2. The molecule has 0 amide bonds. The third kappa shape index (κ3) is 4.67. The Morgan fingerprint density at radius 2 is 1.72 bits per heavy atom. The Morgan fingerprint density at radius 3 is 2.62 bits per heavy atom. The van der Waals surface area contributed by atoms with Crippen LogP contribution >= 0.6 is 0 Å². The van der Waals surface area contributed by atoms with Gasteiger partial charge >= 0.3 is 0 Å². The summed E-state index contributed by atoms with van der Waals surface area (Å²) >= 11 is 0. The minimum Gasteiger partial charge on any atom is -0.491 e. The Morgan fingerprint density at radius 1 is 0.931 bits per heavy atom. The molecule has 1 heterocycles. The van der Waals surface area contributed by atoms with Crippen LogP contribution in [0.15, 0.2) is 66.7 Å². The fourth-order valence-electron chi connectivity index (χ4n) is 3.24. The molecule has 5 nitrogen and oxygen atoms in total. The average molecular weight is 394 g/mol. The number of benzene rings is 3. The molecule has 0 fully saturated rings. The average Bonchev–Trinajstić information content (AvgIpc) is 3.11. The van der Waals surface area contributed by atoms with E-state index in [-0.39, 0.29) is 18.2 Å². The van der Waals surface area contributed by atoms with Crippen LogP contribution in [0.3, 0.4) is 0 Å². The van der Waals surface area contributed by atoms with Gasteiger partial charge in [-0.1, -0.05) is 30.3 Å². The monoisotopic (exact) mass is 394 g/mol. The number of nitrogens with one attached hydrogen (secondary N) is 2. The second-order valence-corrected chi connectivity index (χ2v) is 6.83. The lowest BCUT2D eigenvalue weighted by atomic mass is 10.1. The summed E-state index contributed by atoms with van der Waals surface area (Å²) in [6.07, 6.45) is -0.665. The maximum atomic E-state index is 13.4. The molecule has 29 heavy (non-hydrogen) atoms. The first-order valence-corrected chi connectivity index (χ1v) is 9.60. The van der Waals surface area contributed by atoms with E-state index in [1.807, 2.05) is 36.4 Å². The van der Waals surface area contributed by atoms with Crippen LogP contribution in [0.4, 0.5) is 4.39 Å². The van der Waals surface area contributed by atoms with E-state index >= 15 is 0 Å². The topological polar surface area (TPSA) is 66.5 Å². The number of halogens is 1. The van der Waals surface area contributed by atoms with Gasteiger partial charge in [0.1, 0.15) is 25.1 Å². The van der Waals surface area contributed by atoms with E-state index < -0.39 is 6.10 Å². The van der Waals surface area contributed by atoms with Crippen molar-refractivity contribution < 1.29 is 19.0 Å². The molecule has 0 saturated carbocycles. The van der Waals surface area contributed by atoms with Crippen molar-refractivity contribution in [1.29, 1.82) is 0 Å². The predicted octanol–water partition coefficient (Wildman–Crippen LogP) is 3.87. The van der Waals surface area contributed by atoms with Crippen LogP contribution in [0.1, 0.15) is 0 Å². The molecule has 0 aliphatic rings. The largest absolute Gasteiger partial charge is 0.491 e. The zero-order valence-electron chi connectivity index (χ0n) is 15.9. The maximum Gasteiger partial charge on any atom is 0.165 e. The van der Waals surface area contributed by atoms with Gasteiger partial charge in [-0.25, -0.2) is 4.39 Å². The summed E-state index contributed by atoms with van der Waals surface area (Å²) in [5.74, 6) is 0.546. The van der Waals surface area contributed by atoms with Gasteiger partial charge in [0.25, 0.3) is 0 Å². The number of aliphatic hydroxyl groups is 1. The normalized spacial score (nSPS) is 12.3. The number of rotatable bonds is 9. The second-order valence-electron chi connectivity index (χ2n) is 6.83. The molecule has 1 aromatic heterocycles. The summed E-state index contributed by atoms with van der Waals surface area (Å²) < 4.78 is 24.5. The number of aromatic amines is 1. The fraction of sp³-hybridized carbons (Fsp3) is 0.217. The van der Waals surface area contributed by atoms with Crippen LogP contribution < -0.4 is 14.8 Å². The minimum atomic E-state index is -0.665. The molecule has 0 spiro atoms. The van der Waals surface area contributed by atoms with Crippen LogP contribution in [0.2, 0.25) is 0 Å². The molecule has 4 aromatic rings. The smallest absolute Gasteiger partial charge is 0.165 e. The van der Waals surface area contributed by atoms with E-state index in [0.717, 1.165) is 16.4 Å². The lowest BCUT2D eigenvalue weighted by Crippen LogP contribution is -2.33. The van der Waals surface area contributed by atoms with Crippen molar-refractivity contribution in [3.05, 3.63) is 72.5 Å². The van der Waals surface area contributed by atoms with Crippen molar-refractivity contribution in [2.75, 3.05) is 26.3 Å². The highest BCUT2D eigenvalue weighted by atomic mass is 19.1. The first-order chi connectivity index (χ1) is 14.2. The second kappa shape index (κ2) is 8.94. The number of hydrogen-bond donors (Lipinski definition) is 3. The molecule has 0 radical (unpaired) electrons. The SMILES string of the molecule is OC(CNCCOc1ccccc1F)COc1ccc2c(c1)[nH]c1ccccc12.